The molecule has 0 aliphatic heterocycles. The summed E-state index contributed by atoms with van der Waals surface area (Å²) in [5, 5.41) is 13.6. The molecule has 0 spiro atoms. The molecule has 0 fully saturated rings. The number of ether oxygens (including phenoxy) is 2. The molecule has 146 valence electrons. The molecule has 7 heteroatoms. The van der Waals surface area contributed by atoms with Crippen molar-refractivity contribution >= 4 is 0 Å². The minimum atomic E-state index is -0.0466. The van der Waals surface area contributed by atoms with Crippen molar-refractivity contribution in [2.75, 3.05) is 14.2 Å². The lowest BCUT2D eigenvalue weighted by Gasteiger charge is -2.09. The minimum Gasteiger partial charge on any atom is -0.493 e. The fourth-order valence-electron chi connectivity index (χ4n) is 3.10. The summed E-state index contributed by atoms with van der Waals surface area (Å²) in [6, 6.07) is 16.8. The van der Waals surface area contributed by atoms with Gasteiger partial charge in [0.2, 0.25) is 5.82 Å². The molecule has 2 aromatic carbocycles. The van der Waals surface area contributed by atoms with E-state index in [9.17, 15) is 5.11 Å². The topological polar surface area (TPSA) is 90.5 Å². The van der Waals surface area contributed by atoms with Crippen molar-refractivity contribution < 1.29 is 19.1 Å². The Morgan fingerprint density at radius 1 is 0.931 bits per heavy atom. The molecule has 0 aliphatic rings. The van der Waals surface area contributed by atoms with Gasteiger partial charge in [-0.25, -0.2) is 0 Å². The molecule has 29 heavy (non-hydrogen) atoms. The quantitative estimate of drug-likeness (QED) is 0.533. The summed E-state index contributed by atoms with van der Waals surface area (Å²) in [5.41, 5.74) is 3.82. The molecule has 0 saturated heterocycles. The molecule has 2 heterocycles. The van der Waals surface area contributed by atoms with Crippen LogP contribution in [0.25, 0.3) is 34.1 Å². The number of aliphatic hydroxyl groups excluding tert-OH is 1. The molecule has 0 radical (unpaired) electrons. The molecule has 4 rings (SSSR count). The van der Waals surface area contributed by atoms with E-state index in [0.29, 0.717) is 34.3 Å². The van der Waals surface area contributed by atoms with Crippen LogP contribution in [0.2, 0.25) is 0 Å². The van der Waals surface area contributed by atoms with Gasteiger partial charge in [0.25, 0.3) is 5.89 Å². The third kappa shape index (κ3) is 3.55. The minimum absolute atomic E-state index is 0.0466. The maximum Gasteiger partial charge on any atom is 0.259 e. The van der Waals surface area contributed by atoms with Gasteiger partial charge in [-0.2, -0.15) is 4.98 Å². The fourth-order valence-corrected chi connectivity index (χ4v) is 3.10. The highest BCUT2D eigenvalue weighted by molar-refractivity contribution is 5.70. The van der Waals surface area contributed by atoms with Gasteiger partial charge in [-0.3, -0.25) is 4.98 Å². The summed E-state index contributed by atoms with van der Waals surface area (Å²) >= 11 is 0. The van der Waals surface area contributed by atoms with Gasteiger partial charge >= 0.3 is 0 Å². The first-order chi connectivity index (χ1) is 14.2. The number of pyridine rings is 1. The van der Waals surface area contributed by atoms with Crippen molar-refractivity contribution in [3.8, 4) is 45.6 Å². The third-order valence-corrected chi connectivity index (χ3v) is 4.54. The summed E-state index contributed by atoms with van der Waals surface area (Å²) in [7, 11) is 3.14. The van der Waals surface area contributed by atoms with Gasteiger partial charge in [-0.05, 0) is 29.8 Å². The van der Waals surface area contributed by atoms with Crippen molar-refractivity contribution in [3.05, 3.63) is 66.4 Å². The predicted octanol–water partition coefficient (Wildman–Crippen LogP) is 3.98. The van der Waals surface area contributed by atoms with Crippen LogP contribution in [0, 0.1) is 0 Å². The molecule has 7 nitrogen and oxygen atoms in total. The summed E-state index contributed by atoms with van der Waals surface area (Å²) in [6.45, 7) is -0.0466. The Kier molecular flexibility index (Phi) is 5.22. The van der Waals surface area contributed by atoms with E-state index in [-0.39, 0.29) is 6.61 Å². The molecular weight excluding hydrogens is 370 g/mol. The zero-order valence-electron chi connectivity index (χ0n) is 16.0. The van der Waals surface area contributed by atoms with Gasteiger partial charge in [0.1, 0.15) is 0 Å². The Bertz CT molecular complexity index is 1120. The predicted molar refractivity (Wildman–Crippen MR) is 107 cm³/mol. The maximum absolute atomic E-state index is 9.52. The van der Waals surface area contributed by atoms with E-state index in [4.69, 9.17) is 14.0 Å². The van der Waals surface area contributed by atoms with E-state index < -0.39 is 0 Å². The molecule has 1 N–H and O–H groups in total. The average molecular weight is 389 g/mol. The number of aliphatic hydroxyl groups is 1. The number of methoxy groups -OCH3 is 2. The summed E-state index contributed by atoms with van der Waals surface area (Å²) < 4.78 is 16.2. The SMILES string of the molecule is COc1cccc(-c2noc(-c3ccc(-c4ccccc4CO)nc3)n2)c1OC. The van der Waals surface area contributed by atoms with Crippen molar-refractivity contribution in [1.82, 2.24) is 15.1 Å². The first-order valence-electron chi connectivity index (χ1n) is 8.95. The van der Waals surface area contributed by atoms with Gasteiger partial charge in [0.15, 0.2) is 11.5 Å². The Balaban J connectivity index is 1.66. The summed E-state index contributed by atoms with van der Waals surface area (Å²) in [5.74, 6) is 1.87. The van der Waals surface area contributed by atoms with Crippen LogP contribution in [0.4, 0.5) is 0 Å². The summed E-state index contributed by atoms with van der Waals surface area (Å²) in [6.07, 6.45) is 1.67. The van der Waals surface area contributed by atoms with Gasteiger partial charge in [0.05, 0.1) is 37.6 Å². The molecule has 4 aromatic rings. The molecule has 0 unspecified atom stereocenters. The van der Waals surface area contributed by atoms with E-state index >= 15 is 0 Å². The second-order valence-electron chi connectivity index (χ2n) is 6.21. The summed E-state index contributed by atoms with van der Waals surface area (Å²) in [4.78, 5) is 8.97. The van der Waals surface area contributed by atoms with Crippen LogP contribution >= 0.6 is 0 Å². The van der Waals surface area contributed by atoms with Gasteiger partial charge in [-0.15, -0.1) is 0 Å². The Labute approximate surface area is 167 Å². The highest BCUT2D eigenvalue weighted by Crippen LogP contribution is 2.37. The molecule has 0 saturated carbocycles. The van der Waals surface area contributed by atoms with Crippen LogP contribution in [0.5, 0.6) is 11.5 Å². The first kappa shape index (κ1) is 18.6. The number of hydrogen-bond donors (Lipinski definition) is 1. The maximum atomic E-state index is 9.52. The second-order valence-corrected chi connectivity index (χ2v) is 6.21. The Hall–Kier alpha value is -3.71. The highest BCUT2D eigenvalue weighted by atomic mass is 16.5. The molecule has 0 atom stereocenters. The highest BCUT2D eigenvalue weighted by Gasteiger charge is 2.18. The van der Waals surface area contributed by atoms with Crippen LogP contribution in [-0.4, -0.2) is 34.5 Å². The van der Waals surface area contributed by atoms with Crippen LogP contribution in [0.1, 0.15) is 5.56 Å². The number of hydrogen-bond acceptors (Lipinski definition) is 7. The van der Waals surface area contributed by atoms with Crippen LogP contribution in [-0.2, 0) is 6.61 Å². The van der Waals surface area contributed by atoms with Crippen LogP contribution in [0.15, 0.2) is 65.3 Å². The Morgan fingerprint density at radius 2 is 1.76 bits per heavy atom. The van der Waals surface area contributed by atoms with E-state index in [0.717, 1.165) is 16.8 Å². The molecule has 0 bridgehead atoms. The molecule has 2 aromatic heterocycles. The van der Waals surface area contributed by atoms with E-state index in [1.807, 2.05) is 48.5 Å². The molecule has 0 aliphatic carbocycles. The lowest BCUT2D eigenvalue weighted by atomic mass is 10.0. The zero-order valence-corrected chi connectivity index (χ0v) is 16.0. The number of aromatic nitrogens is 3. The fraction of sp³-hybridized carbons (Fsp3) is 0.136. The standard InChI is InChI=1S/C22H19N3O4/c1-27-19-9-5-8-17(20(19)28-2)21-24-22(29-25-21)14-10-11-18(23-12-14)16-7-4-3-6-15(16)13-26/h3-12,26H,13H2,1-2H3. The zero-order chi connectivity index (χ0) is 20.2. The van der Waals surface area contributed by atoms with E-state index in [1.54, 1.807) is 26.5 Å². The second kappa shape index (κ2) is 8.12. The van der Waals surface area contributed by atoms with E-state index in [1.165, 1.54) is 0 Å². The largest absolute Gasteiger partial charge is 0.493 e. The number of para-hydroxylation sites is 1. The van der Waals surface area contributed by atoms with Gasteiger partial charge in [-0.1, -0.05) is 35.5 Å². The van der Waals surface area contributed by atoms with Crippen molar-refractivity contribution in [2.45, 2.75) is 6.61 Å². The van der Waals surface area contributed by atoms with Crippen molar-refractivity contribution in [1.29, 1.82) is 0 Å². The smallest absolute Gasteiger partial charge is 0.259 e. The Morgan fingerprint density at radius 3 is 2.48 bits per heavy atom. The normalized spacial score (nSPS) is 10.7. The third-order valence-electron chi connectivity index (χ3n) is 4.54. The lowest BCUT2D eigenvalue weighted by molar-refractivity contribution is 0.282. The van der Waals surface area contributed by atoms with Crippen LogP contribution in [0.3, 0.4) is 0 Å². The number of rotatable bonds is 6. The van der Waals surface area contributed by atoms with E-state index in [2.05, 4.69) is 15.1 Å². The first-order valence-corrected chi connectivity index (χ1v) is 8.95. The number of nitrogens with zero attached hydrogens (tertiary/aromatic N) is 3. The van der Waals surface area contributed by atoms with Gasteiger partial charge in [0, 0.05) is 11.8 Å². The van der Waals surface area contributed by atoms with Crippen LogP contribution < -0.4 is 9.47 Å². The average Bonchev–Trinajstić information content (AvgIpc) is 3.28. The van der Waals surface area contributed by atoms with Gasteiger partial charge < -0.3 is 19.1 Å². The van der Waals surface area contributed by atoms with Crippen molar-refractivity contribution in [3.63, 3.8) is 0 Å². The monoisotopic (exact) mass is 389 g/mol. The molecular formula is C22H19N3O4. The van der Waals surface area contributed by atoms with Crippen molar-refractivity contribution in [2.24, 2.45) is 0 Å². The lowest BCUT2D eigenvalue weighted by Crippen LogP contribution is -1.94. The molecule has 0 amide bonds. The number of benzene rings is 2.